The zero-order chi connectivity index (χ0) is 13.4. The van der Waals surface area contributed by atoms with Crippen molar-refractivity contribution in [3.8, 4) is 0 Å². The Hall–Kier alpha value is -0.0900. The molecule has 1 unspecified atom stereocenters. The molecule has 0 amide bonds. The lowest BCUT2D eigenvalue weighted by Gasteiger charge is -2.36. The molecule has 0 bridgehead atoms. The highest BCUT2D eigenvalue weighted by Gasteiger charge is 2.40. The SMILES string of the molecule is CC(C)(C)C[C@H]1CC(S(=O)(=O)C2CCC2)CCO1. The summed E-state index contributed by atoms with van der Waals surface area (Å²) in [6.45, 7) is 7.15. The lowest BCUT2D eigenvalue weighted by molar-refractivity contribution is -0.00569. The number of rotatable bonds is 3. The molecule has 0 aromatic carbocycles. The van der Waals surface area contributed by atoms with Crippen molar-refractivity contribution in [1.29, 1.82) is 0 Å². The van der Waals surface area contributed by atoms with Crippen LogP contribution in [0.25, 0.3) is 0 Å². The molecule has 1 saturated carbocycles. The van der Waals surface area contributed by atoms with Gasteiger partial charge in [-0.05, 0) is 37.5 Å². The summed E-state index contributed by atoms with van der Waals surface area (Å²) in [5, 5.41) is -0.195. The first-order valence-electron chi connectivity index (χ1n) is 7.13. The minimum atomic E-state index is -2.89. The highest BCUT2D eigenvalue weighted by atomic mass is 32.2. The van der Waals surface area contributed by atoms with Gasteiger partial charge in [0, 0.05) is 6.61 Å². The molecule has 2 aliphatic rings. The largest absolute Gasteiger partial charge is 0.378 e. The van der Waals surface area contributed by atoms with E-state index in [0.29, 0.717) is 19.4 Å². The quantitative estimate of drug-likeness (QED) is 0.794. The van der Waals surface area contributed by atoms with E-state index in [1.165, 1.54) is 0 Å². The molecule has 1 aliphatic carbocycles. The van der Waals surface area contributed by atoms with Crippen molar-refractivity contribution in [2.24, 2.45) is 5.41 Å². The van der Waals surface area contributed by atoms with Gasteiger partial charge < -0.3 is 4.74 Å². The van der Waals surface area contributed by atoms with E-state index in [2.05, 4.69) is 20.8 Å². The fraction of sp³-hybridized carbons (Fsp3) is 1.00. The Bertz CT molecular complexity index is 376. The maximum atomic E-state index is 12.4. The molecular weight excluding hydrogens is 248 g/mol. The van der Waals surface area contributed by atoms with Crippen LogP contribution in [0, 0.1) is 5.41 Å². The van der Waals surface area contributed by atoms with Crippen LogP contribution < -0.4 is 0 Å². The average molecular weight is 274 g/mol. The van der Waals surface area contributed by atoms with Crippen molar-refractivity contribution in [2.75, 3.05) is 6.61 Å². The number of hydrogen-bond acceptors (Lipinski definition) is 3. The first-order chi connectivity index (χ1) is 8.29. The number of hydrogen-bond donors (Lipinski definition) is 0. The molecule has 0 aromatic rings. The number of sulfone groups is 1. The van der Waals surface area contributed by atoms with Gasteiger partial charge >= 0.3 is 0 Å². The fourth-order valence-corrected chi connectivity index (χ4v) is 5.38. The van der Waals surface area contributed by atoms with Crippen LogP contribution in [0.4, 0.5) is 0 Å². The molecule has 3 nitrogen and oxygen atoms in total. The zero-order valence-electron chi connectivity index (χ0n) is 11.8. The van der Waals surface area contributed by atoms with Crippen molar-refractivity contribution in [2.45, 2.75) is 75.9 Å². The molecular formula is C14H26O3S. The second kappa shape index (κ2) is 5.12. The Kier molecular flexibility index (Phi) is 4.07. The highest BCUT2D eigenvalue weighted by molar-refractivity contribution is 7.92. The highest BCUT2D eigenvalue weighted by Crippen LogP contribution is 2.35. The standard InChI is InChI=1S/C14H26O3S/c1-14(2,3)10-11-9-13(7-8-17-11)18(15,16)12-5-4-6-12/h11-13H,4-10H2,1-3H3/t11-,13?/m1/s1. The van der Waals surface area contributed by atoms with Crippen molar-refractivity contribution >= 4 is 9.84 Å². The summed E-state index contributed by atoms with van der Waals surface area (Å²) in [5.41, 5.74) is 0.201. The van der Waals surface area contributed by atoms with Gasteiger partial charge in [-0.15, -0.1) is 0 Å². The Morgan fingerprint density at radius 3 is 2.28 bits per heavy atom. The first kappa shape index (κ1) is 14.3. The van der Waals surface area contributed by atoms with E-state index in [9.17, 15) is 8.42 Å². The lowest BCUT2D eigenvalue weighted by Crippen LogP contribution is -2.42. The Labute approximate surface area is 111 Å². The van der Waals surface area contributed by atoms with Gasteiger partial charge in [-0.2, -0.15) is 0 Å². The summed E-state index contributed by atoms with van der Waals surface area (Å²) in [5.74, 6) is 0. The predicted molar refractivity (Wildman–Crippen MR) is 73.4 cm³/mol. The van der Waals surface area contributed by atoms with Gasteiger partial charge in [-0.25, -0.2) is 8.42 Å². The smallest absolute Gasteiger partial charge is 0.156 e. The molecule has 106 valence electrons. The summed E-state index contributed by atoms with van der Waals surface area (Å²) >= 11 is 0. The van der Waals surface area contributed by atoms with Gasteiger partial charge in [-0.1, -0.05) is 27.2 Å². The third-order valence-electron chi connectivity index (χ3n) is 4.14. The second-order valence-electron chi connectivity index (χ2n) is 7.05. The monoisotopic (exact) mass is 274 g/mol. The van der Waals surface area contributed by atoms with Crippen molar-refractivity contribution in [1.82, 2.24) is 0 Å². The van der Waals surface area contributed by atoms with E-state index in [1.807, 2.05) is 0 Å². The van der Waals surface area contributed by atoms with E-state index in [-0.39, 0.29) is 22.0 Å². The topological polar surface area (TPSA) is 43.4 Å². The van der Waals surface area contributed by atoms with E-state index in [0.717, 1.165) is 25.7 Å². The number of ether oxygens (including phenoxy) is 1. The molecule has 4 heteroatoms. The summed E-state index contributed by atoms with van der Waals surface area (Å²) in [4.78, 5) is 0. The van der Waals surface area contributed by atoms with Gasteiger partial charge in [-0.3, -0.25) is 0 Å². The molecule has 1 aliphatic heterocycles. The summed E-state index contributed by atoms with van der Waals surface area (Å²) in [6.07, 6.45) is 5.31. The zero-order valence-corrected chi connectivity index (χ0v) is 12.6. The predicted octanol–water partition coefficient (Wildman–Crippen LogP) is 2.94. The van der Waals surface area contributed by atoms with Crippen LogP contribution in [0.5, 0.6) is 0 Å². The normalized spacial score (nSPS) is 31.1. The van der Waals surface area contributed by atoms with E-state index in [4.69, 9.17) is 4.74 Å². The van der Waals surface area contributed by atoms with Gasteiger partial charge in [0.1, 0.15) is 0 Å². The molecule has 1 saturated heterocycles. The Morgan fingerprint density at radius 1 is 1.11 bits per heavy atom. The average Bonchev–Trinajstić information content (AvgIpc) is 2.11. The van der Waals surface area contributed by atoms with Crippen LogP contribution in [0.1, 0.15) is 59.3 Å². The molecule has 0 spiro atoms. The fourth-order valence-electron chi connectivity index (χ4n) is 2.94. The van der Waals surface area contributed by atoms with Crippen molar-refractivity contribution in [3.05, 3.63) is 0 Å². The molecule has 18 heavy (non-hydrogen) atoms. The maximum Gasteiger partial charge on any atom is 0.156 e. The van der Waals surface area contributed by atoms with Gasteiger partial charge in [0.25, 0.3) is 0 Å². The van der Waals surface area contributed by atoms with Crippen LogP contribution in [-0.4, -0.2) is 31.6 Å². The molecule has 2 fully saturated rings. The van der Waals surface area contributed by atoms with Gasteiger partial charge in [0.15, 0.2) is 9.84 Å². The van der Waals surface area contributed by atoms with Crippen LogP contribution in [0.15, 0.2) is 0 Å². The second-order valence-corrected chi connectivity index (χ2v) is 9.56. The van der Waals surface area contributed by atoms with Crippen molar-refractivity contribution < 1.29 is 13.2 Å². The van der Waals surface area contributed by atoms with Crippen LogP contribution in [-0.2, 0) is 14.6 Å². The molecule has 1 heterocycles. The van der Waals surface area contributed by atoms with Crippen LogP contribution in [0.3, 0.4) is 0 Å². The third-order valence-corrected chi connectivity index (χ3v) is 6.90. The van der Waals surface area contributed by atoms with Crippen LogP contribution >= 0.6 is 0 Å². The van der Waals surface area contributed by atoms with Gasteiger partial charge in [0.2, 0.25) is 0 Å². The third kappa shape index (κ3) is 3.27. The minimum Gasteiger partial charge on any atom is -0.378 e. The van der Waals surface area contributed by atoms with Gasteiger partial charge in [0.05, 0.1) is 16.6 Å². The summed E-state index contributed by atoms with van der Waals surface area (Å²) in [7, 11) is -2.89. The minimum absolute atomic E-state index is 0.0455. The summed E-state index contributed by atoms with van der Waals surface area (Å²) in [6, 6.07) is 0. The molecule has 2 rings (SSSR count). The van der Waals surface area contributed by atoms with E-state index >= 15 is 0 Å². The van der Waals surface area contributed by atoms with E-state index in [1.54, 1.807) is 0 Å². The molecule has 0 N–H and O–H groups in total. The Morgan fingerprint density at radius 2 is 1.78 bits per heavy atom. The van der Waals surface area contributed by atoms with Crippen LogP contribution in [0.2, 0.25) is 0 Å². The molecule has 0 aromatic heterocycles. The molecule has 2 atom stereocenters. The first-order valence-corrected chi connectivity index (χ1v) is 8.74. The lowest BCUT2D eigenvalue weighted by atomic mass is 9.87. The summed E-state index contributed by atoms with van der Waals surface area (Å²) < 4.78 is 30.6. The Balaban J connectivity index is 1.98. The van der Waals surface area contributed by atoms with E-state index < -0.39 is 9.84 Å². The van der Waals surface area contributed by atoms with Crippen molar-refractivity contribution in [3.63, 3.8) is 0 Å². The maximum absolute atomic E-state index is 12.4. The molecule has 0 radical (unpaired) electrons.